The SMILES string of the molecule is COCCNC(=O)C1CCCN(C2CCN(Cc3ccc(C)cc3)CC2)C1. The second-order valence-electron chi connectivity index (χ2n) is 8.11. The molecule has 5 heteroatoms. The molecule has 2 fully saturated rings. The van der Waals surface area contributed by atoms with E-state index in [1.807, 2.05) is 0 Å². The van der Waals surface area contributed by atoms with Crippen molar-refractivity contribution < 1.29 is 9.53 Å². The van der Waals surface area contributed by atoms with Crippen LogP contribution in [0.2, 0.25) is 0 Å². The predicted octanol–water partition coefficient (Wildman–Crippen LogP) is 2.43. The first-order chi connectivity index (χ1) is 13.2. The third-order valence-electron chi connectivity index (χ3n) is 6.03. The zero-order valence-electron chi connectivity index (χ0n) is 17.0. The largest absolute Gasteiger partial charge is 0.383 e. The van der Waals surface area contributed by atoms with Gasteiger partial charge in [-0.3, -0.25) is 14.6 Å². The number of hydrogen-bond donors (Lipinski definition) is 1. The Hall–Kier alpha value is -1.43. The van der Waals surface area contributed by atoms with Crippen LogP contribution in [-0.4, -0.2) is 68.2 Å². The Morgan fingerprint density at radius 2 is 1.89 bits per heavy atom. The van der Waals surface area contributed by atoms with Crippen LogP contribution in [-0.2, 0) is 16.1 Å². The van der Waals surface area contributed by atoms with Crippen LogP contribution in [0.5, 0.6) is 0 Å². The van der Waals surface area contributed by atoms with Crippen molar-refractivity contribution in [1.29, 1.82) is 0 Å². The van der Waals surface area contributed by atoms with Crippen LogP contribution >= 0.6 is 0 Å². The average molecular weight is 374 g/mol. The molecule has 0 spiro atoms. The second-order valence-corrected chi connectivity index (χ2v) is 8.11. The van der Waals surface area contributed by atoms with Gasteiger partial charge in [-0.15, -0.1) is 0 Å². The van der Waals surface area contributed by atoms with E-state index >= 15 is 0 Å². The molecule has 1 N–H and O–H groups in total. The van der Waals surface area contributed by atoms with Crippen LogP contribution in [0.15, 0.2) is 24.3 Å². The first-order valence-corrected chi connectivity index (χ1v) is 10.4. The standard InChI is InChI=1S/C22H35N3O2/c1-18-5-7-19(8-6-18)16-24-13-9-21(10-14-24)25-12-3-4-20(17-25)22(26)23-11-15-27-2/h5-8,20-21H,3-4,9-17H2,1-2H3,(H,23,26). The first kappa shape index (κ1) is 20.3. The summed E-state index contributed by atoms with van der Waals surface area (Å²) in [5.74, 6) is 0.342. The molecule has 0 aliphatic carbocycles. The van der Waals surface area contributed by atoms with Gasteiger partial charge in [0, 0.05) is 32.8 Å². The van der Waals surface area contributed by atoms with Gasteiger partial charge in [-0.2, -0.15) is 0 Å². The number of amides is 1. The molecule has 1 atom stereocenters. The Balaban J connectivity index is 1.43. The van der Waals surface area contributed by atoms with Crippen molar-refractivity contribution >= 4 is 5.91 Å². The molecule has 1 unspecified atom stereocenters. The van der Waals surface area contributed by atoms with E-state index < -0.39 is 0 Å². The third-order valence-corrected chi connectivity index (χ3v) is 6.03. The van der Waals surface area contributed by atoms with Crippen molar-refractivity contribution in [3.63, 3.8) is 0 Å². The summed E-state index contributed by atoms with van der Waals surface area (Å²) >= 11 is 0. The molecule has 2 saturated heterocycles. The fourth-order valence-corrected chi connectivity index (χ4v) is 4.37. The summed E-state index contributed by atoms with van der Waals surface area (Å²) in [6.45, 7) is 8.76. The van der Waals surface area contributed by atoms with E-state index in [-0.39, 0.29) is 11.8 Å². The maximum Gasteiger partial charge on any atom is 0.224 e. The Bertz CT molecular complexity index is 582. The third kappa shape index (κ3) is 6.03. The number of ether oxygens (including phenoxy) is 1. The molecule has 1 aromatic carbocycles. The van der Waals surface area contributed by atoms with E-state index in [1.165, 1.54) is 24.0 Å². The maximum absolute atomic E-state index is 12.4. The van der Waals surface area contributed by atoms with E-state index in [0.29, 0.717) is 19.2 Å². The van der Waals surface area contributed by atoms with Crippen molar-refractivity contribution in [2.24, 2.45) is 5.92 Å². The highest BCUT2D eigenvalue weighted by molar-refractivity contribution is 5.78. The summed E-state index contributed by atoms with van der Waals surface area (Å²) in [4.78, 5) is 17.5. The zero-order chi connectivity index (χ0) is 19.1. The van der Waals surface area contributed by atoms with Crippen molar-refractivity contribution in [2.45, 2.75) is 45.2 Å². The number of nitrogens with zero attached hydrogens (tertiary/aromatic N) is 2. The van der Waals surface area contributed by atoms with Gasteiger partial charge in [0.1, 0.15) is 0 Å². The van der Waals surface area contributed by atoms with E-state index in [4.69, 9.17) is 4.74 Å². The van der Waals surface area contributed by atoms with Crippen molar-refractivity contribution in [2.75, 3.05) is 46.4 Å². The van der Waals surface area contributed by atoms with E-state index in [9.17, 15) is 4.79 Å². The quantitative estimate of drug-likeness (QED) is 0.746. The Morgan fingerprint density at radius 1 is 1.15 bits per heavy atom. The van der Waals surface area contributed by atoms with Crippen molar-refractivity contribution in [3.8, 4) is 0 Å². The molecule has 1 aromatic rings. The number of aryl methyl sites for hydroxylation is 1. The molecule has 0 bridgehead atoms. The van der Waals surface area contributed by atoms with Crippen LogP contribution in [0, 0.1) is 12.8 Å². The lowest BCUT2D eigenvalue weighted by Gasteiger charge is -2.42. The molecule has 2 aliphatic heterocycles. The van der Waals surface area contributed by atoms with Crippen molar-refractivity contribution in [1.82, 2.24) is 15.1 Å². The zero-order valence-corrected chi connectivity index (χ0v) is 17.0. The topological polar surface area (TPSA) is 44.8 Å². The summed E-state index contributed by atoms with van der Waals surface area (Å²) < 4.78 is 5.02. The highest BCUT2D eigenvalue weighted by Crippen LogP contribution is 2.24. The van der Waals surface area contributed by atoms with Crippen LogP contribution in [0.4, 0.5) is 0 Å². The molecule has 0 saturated carbocycles. The molecule has 2 aliphatic rings. The number of hydrogen-bond acceptors (Lipinski definition) is 4. The molecule has 1 amide bonds. The predicted molar refractivity (Wildman–Crippen MR) is 109 cm³/mol. The van der Waals surface area contributed by atoms with Crippen LogP contribution in [0.3, 0.4) is 0 Å². The molecule has 150 valence electrons. The molecular formula is C22H35N3O2. The summed E-state index contributed by atoms with van der Waals surface area (Å²) in [5.41, 5.74) is 2.73. The van der Waals surface area contributed by atoms with Gasteiger partial charge < -0.3 is 10.1 Å². The number of carbonyl (C=O) groups excluding carboxylic acids is 1. The van der Waals surface area contributed by atoms with Crippen LogP contribution < -0.4 is 5.32 Å². The highest BCUT2D eigenvalue weighted by Gasteiger charge is 2.31. The second kappa shape index (κ2) is 10.2. The summed E-state index contributed by atoms with van der Waals surface area (Å²) in [6, 6.07) is 9.53. The molecule has 27 heavy (non-hydrogen) atoms. The number of methoxy groups -OCH3 is 1. The lowest BCUT2D eigenvalue weighted by Crippen LogP contribution is -2.50. The fourth-order valence-electron chi connectivity index (χ4n) is 4.37. The highest BCUT2D eigenvalue weighted by atomic mass is 16.5. The minimum atomic E-state index is 0.140. The Labute approximate surface area is 164 Å². The number of carbonyl (C=O) groups is 1. The Morgan fingerprint density at radius 3 is 2.59 bits per heavy atom. The van der Waals surface area contributed by atoms with Gasteiger partial charge in [0.2, 0.25) is 5.91 Å². The molecular weight excluding hydrogens is 338 g/mol. The minimum absolute atomic E-state index is 0.140. The van der Waals surface area contributed by atoms with Crippen molar-refractivity contribution in [3.05, 3.63) is 35.4 Å². The van der Waals surface area contributed by atoms with Gasteiger partial charge in [0.15, 0.2) is 0 Å². The molecule has 3 rings (SSSR count). The molecule has 0 aromatic heterocycles. The van der Waals surface area contributed by atoms with Gasteiger partial charge >= 0.3 is 0 Å². The first-order valence-electron chi connectivity index (χ1n) is 10.4. The van der Waals surface area contributed by atoms with Gasteiger partial charge in [0.05, 0.1) is 12.5 Å². The van der Waals surface area contributed by atoms with Gasteiger partial charge in [0.25, 0.3) is 0 Å². The van der Waals surface area contributed by atoms with Crippen LogP contribution in [0.1, 0.15) is 36.8 Å². The number of likely N-dealkylation sites (tertiary alicyclic amines) is 2. The van der Waals surface area contributed by atoms with Gasteiger partial charge in [-0.05, 0) is 57.8 Å². The van der Waals surface area contributed by atoms with Gasteiger partial charge in [-0.25, -0.2) is 0 Å². The van der Waals surface area contributed by atoms with E-state index in [1.54, 1.807) is 7.11 Å². The molecule has 0 radical (unpaired) electrons. The number of benzene rings is 1. The maximum atomic E-state index is 12.4. The van der Waals surface area contributed by atoms with Gasteiger partial charge in [-0.1, -0.05) is 29.8 Å². The van der Waals surface area contributed by atoms with E-state index in [0.717, 1.165) is 45.6 Å². The Kier molecular flexibility index (Phi) is 7.68. The normalized spacial score (nSPS) is 22.7. The average Bonchev–Trinajstić information content (AvgIpc) is 2.70. The summed E-state index contributed by atoms with van der Waals surface area (Å²) in [5, 5.41) is 3.02. The smallest absolute Gasteiger partial charge is 0.224 e. The number of rotatable bonds is 7. The fraction of sp³-hybridized carbons (Fsp3) is 0.682. The monoisotopic (exact) mass is 373 g/mol. The van der Waals surface area contributed by atoms with E-state index in [2.05, 4.69) is 46.3 Å². The summed E-state index contributed by atoms with van der Waals surface area (Å²) in [7, 11) is 1.67. The number of nitrogens with one attached hydrogen (secondary N) is 1. The summed E-state index contributed by atoms with van der Waals surface area (Å²) in [6.07, 6.45) is 4.57. The molecule has 5 nitrogen and oxygen atoms in total. The lowest BCUT2D eigenvalue weighted by molar-refractivity contribution is -0.127. The lowest BCUT2D eigenvalue weighted by atomic mass is 9.93. The molecule has 2 heterocycles. The number of piperidine rings is 2. The van der Waals surface area contributed by atoms with Crippen LogP contribution in [0.25, 0.3) is 0 Å². The minimum Gasteiger partial charge on any atom is -0.383 e.